The summed E-state index contributed by atoms with van der Waals surface area (Å²) < 4.78 is 6.95. The number of esters is 1. The zero-order valence-electron chi connectivity index (χ0n) is 18.6. The van der Waals surface area contributed by atoms with Crippen LogP contribution >= 0.6 is 23.1 Å². The Kier molecular flexibility index (Phi) is 8.95. The Balaban J connectivity index is 1.57. The van der Waals surface area contributed by atoms with E-state index in [0.717, 1.165) is 47.6 Å². The summed E-state index contributed by atoms with van der Waals surface area (Å²) in [7, 11) is 1.34. The molecule has 2 heterocycles. The van der Waals surface area contributed by atoms with Crippen LogP contribution in [0, 0.1) is 5.92 Å². The first-order valence-corrected chi connectivity index (χ1v) is 12.9. The zero-order chi connectivity index (χ0) is 22.2. The Hall–Kier alpha value is -1.87. The van der Waals surface area contributed by atoms with E-state index in [4.69, 9.17) is 4.74 Å². The quantitative estimate of drug-likeness (QED) is 0.395. The summed E-state index contributed by atoms with van der Waals surface area (Å²) in [5, 5.41) is 12.9. The van der Waals surface area contributed by atoms with E-state index in [2.05, 4.69) is 27.0 Å². The van der Waals surface area contributed by atoms with Gasteiger partial charge in [0.15, 0.2) is 5.16 Å². The van der Waals surface area contributed by atoms with Crippen LogP contribution in [0.15, 0.2) is 11.2 Å². The molecule has 3 rings (SSSR count). The van der Waals surface area contributed by atoms with Crippen molar-refractivity contribution < 1.29 is 14.3 Å². The third-order valence-electron chi connectivity index (χ3n) is 5.73. The van der Waals surface area contributed by atoms with E-state index in [-0.39, 0.29) is 11.7 Å². The smallest absolute Gasteiger partial charge is 0.340 e. The van der Waals surface area contributed by atoms with Crippen molar-refractivity contribution in [2.45, 2.75) is 76.9 Å². The molecule has 0 unspecified atom stereocenters. The van der Waals surface area contributed by atoms with Crippen LogP contribution in [-0.4, -0.2) is 39.5 Å². The van der Waals surface area contributed by atoms with Gasteiger partial charge >= 0.3 is 5.97 Å². The molecule has 0 aliphatic heterocycles. The van der Waals surface area contributed by atoms with Crippen LogP contribution in [0.4, 0.5) is 5.00 Å². The second-order valence-electron chi connectivity index (χ2n) is 7.82. The second-order valence-corrected chi connectivity index (χ2v) is 9.90. The summed E-state index contributed by atoms with van der Waals surface area (Å²) in [4.78, 5) is 25.6. The van der Waals surface area contributed by atoms with Crippen molar-refractivity contribution in [3.63, 3.8) is 0 Å². The lowest BCUT2D eigenvalue weighted by Crippen LogP contribution is -2.16. The number of nitrogens with zero attached hydrogens (tertiary/aromatic N) is 3. The number of thiophene rings is 1. The molecule has 2 aromatic rings. The fourth-order valence-corrected chi connectivity index (χ4v) is 5.82. The molecular formula is C22H32N4O3S2. The van der Waals surface area contributed by atoms with Gasteiger partial charge in [-0.25, -0.2) is 4.79 Å². The molecule has 2 aromatic heterocycles. The van der Waals surface area contributed by atoms with Crippen molar-refractivity contribution in [2.75, 3.05) is 18.2 Å². The van der Waals surface area contributed by atoms with Gasteiger partial charge in [0, 0.05) is 17.8 Å². The van der Waals surface area contributed by atoms with E-state index >= 15 is 0 Å². The predicted octanol–water partition coefficient (Wildman–Crippen LogP) is 4.95. The summed E-state index contributed by atoms with van der Waals surface area (Å²) in [6.07, 6.45) is 9.63. The number of anilines is 1. The number of aromatic nitrogens is 3. The highest BCUT2D eigenvalue weighted by Crippen LogP contribution is 2.30. The van der Waals surface area contributed by atoms with E-state index in [1.165, 1.54) is 62.3 Å². The number of hydrogen-bond donors (Lipinski definition) is 1. The summed E-state index contributed by atoms with van der Waals surface area (Å²) in [5.74, 6) is 1.41. The van der Waals surface area contributed by atoms with E-state index in [1.807, 2.05) is 6.92 Å². The van der Waals surface area contributed by atoms with Crippen LogP contribution in [0.2, 0.25) is 0 Å². The molecule has 9 heteroatoms. The fourth-order valence-electron chi connectivity index (χ4n) is 4.00. The topological polar surface area (TPSA) is 86.1 Å². The standard InChI is InChI=1S/C22H32N4O3S2/c1-4-16-13-17(21(28)29-3)20(31-16)23-19(27)14-30-22-25-24-18(26(22)5-2)12-11-15-9-7-6-8-10-15/h13,15H,4-12,14H2,1-3H3,(H,23,27). The maximum Gasteiger partial charge on any atom is 0.340 e. The van der Waals surface area contributed by atoms with Gasteiger partial charge in [0.05, 0.1) is 18.4 Å². The number of hydrogen-bond acceptors (Lipinski definition) is 7. The van der Waals surface area contributed by atoms with E-state index in [9.17, 15) is 9.59 Å². The monoisotopic (exact) mass is 464 g/mol. The number of nitrogens with one attached hydrogen (secondary N) is 1. The van der Waals surface area contributed by atoms with Gasteiger partial charge in [-0.3, -0.25) is 4.79 Å². The number of carbonyl (C=O) groups excluding carboxylic acids is 2. The Morgan fingerprint density at radius 2 is 2.03 bits per heavy atom. The van der Waals surface area contributed by atoms with Crippen molar-refractivity contribution in [2.24, 2.45) is 5.92 Å². The first kappa shape index (κ1) is 23.8. The molecule has 1 aliphatic rings. The molecule has 0 aromatic carbocycles. The third kappa shape index (κ3) is 6.32. The van der Waals surface area contributed by atoms with Crippen LogP contribution in [-0.2, 0) is 28.9 Å². The Morgan fingerprint density at radius 3 is 2.71 bits per heavy atom. The van der Waals surface area contributed by atoms with Gasteiger partial charge in [-0.2, -0.15) is 0 Å². The molecule has 0 saturated heterocycles. The van der Waals surface area contributed by atoms with E-state index < -0.39 is 5.97 Å². The molecule has 1 saturated carbocycles. The van der Waals surface area contributed by atoms with Gasteiger partial charge in [0.2, 0.25) is 5.91 Å². The van der Waals surface area contributed by atoms with Crippen molar-refractivity contribution in [3.8, 4) is 0 Å². The Bertz CT molecular complexity index is 887. The van der Waals surface area contributed by atoms with Crippen LogP contribution in [0.25, 0.3) is 0 Å². The van der Waals surface area contributed by atoms with Gasteiger partial charge in [-0.1, -0.05) is 50.8 Å². The summed E-state index contributed by atoms with van der Waals surface area (Å²) in [5.41, 5.74) is 0.407. The van der Waals surface area contributed by atoms with Gasteiger partial charge < -0.3 is 14.6 Å². The largest absolute Gasteiger partial charge is 0.465 e. The van der Waals surface area contributed by atoms with Crippen molar-refractivity contribution in [1.29, 1.82) is 0 Å². The Labute approximate surface area is 192 Å². The highest BCUT2D eigenvalue weighted by molar-refractivity contribution is 7.99. The lowest BCUT2D eigenvalue weighted by molar-refractivity contribution is -0.113. The average Bonchev–Trinajstić information content (AvgIpc) is 3.39. The number of methoxy groups -OCH3 is 1. The van der Waals surface area contributed by atoms with Crippen molar-refractivity contribution >= 4 is 40.0 Å². The van der Waals surface area contributed by atoms with Crippen LogP contribution < -0.4 is 5.32 Å². The molecule has 31 heavy (non-hydrogen) atoms. The number of thioether (sulfide) groups is 1. The molecule has 0 bridgehead atoms. The minimum Gasteiger partial charge on any atom is -0.465 e. The lowest BCUT2D eigenvalue weighted by atomic mass is 9.86. The highest BCUT2D eigenvalue weighted by Gasteiger charge is 2.20. The number of ether oxygens (including phenoxy) is 1. The van der Waals surface area contributed by atoms with E-state index in [0.29, 0.717) is 10.6 Å². The highest BCUT2D eigenvalue weighted by atomic mass is 32.2. The maximum atomic E-state index is 12.6. The molecule has 1 amide bonds. The van der Waals surface area contributed by atoms with E-state index in [1.54, 1.807) is 6.07 Å². The predicted molar refractivity (Wildman–Crippen MR) is 125 cm³/mol. The molecule has 1 aliphatic carbocycles. The first-order valence-electron chi connectivity index (χ1n) is 11.1. The molecule has 1 N–H and O–H groups in total. The molecule has 0 spiro atoms. The third-order valence-corrected chi connectivity index (χ3v) is 7.89. The van der Waals surface area contributed by atoms with Gasteiger partial charge in [-0.15, -0.1) is 21.5 Å². The zero-order valence-corrected chi connectivity index (χ0v) is 20.2. The number of carbonyl (C=O) groups is 2. The second kappa shape index (κ2) is 11.7. The molecule has 170 valence electrons. The minimum atomic E-state index is -0.438. The number of aryl methyl sites for hydroxylation is 2. The number of amides is 1. The van der Waals surface area contributed by atoms with Crippen molar-refractivity contribution in [3.05, 3.63) is 22.3 Å². The molecule has 7 nitrogen and oxygen atoms in total. The molecule has 0 radical (unpaired) electrons. The Morgan fingerprint density at radius 1 is 1.26 bits per heavy atom. The summed E-state index contributed by atoms with van der Waals surface area (Å²) in [6.45, 7) is 4.88. The van der Waals surface area contributed by atoms with Crippen LogP contribution in [0.1, 0.15) is 73.4 Å². The normalized spacial score (nSPS) is 14.5. The fraction of sp³-hybridized carbons (Fsp3) is 0.636. The SMILES string of the molecule is CCc1cc(C(=O)OC)c(NC(=O)CSc2nnc(CCC3CCCCC3)n2CC)s1. The van der Waals surface area contributed by atoms with Gasteiger partial charge in [-0.05, 0) is 31.7 Å². The number of rotatable bonds is 10. The van der Waals surface area contributed by atoms with Crippen molar-refractivity contribution in [1.82, 2.24) is 14.8 Å². The minimum absolute atomic E-state index is 0.172. The summed E-state index contributed by atoms with van der Waals surface area (Å²) >= 11 is 2.79. The van der Waals surface area contributed by atoms with Gasteiger partial charge in [0.25, 0.3) is 0 Å². The first-order chi connectivity index (χ1) is 15.0. The maximum absolute atomic E-state index is 12.6. The molecular weight excluding hydrogens is 432 g/mol. The van der Waals surface area contributed by atoms with Crippen LogP contribution in [0.3, 0.4) is 0 Å². The van der Waals surface area contributed by atoms with Gasteiger partial charge in [0.1, 0.15) is 10.8 Å². The average molecular weight is 465 g/mol. The van der Waals surface area contributed by atoms with Crippen LogP contribution in [0.5, 0.6) is 0 Å². The molecule has 0 atom stereocenters. The molecule has 1 fully saturated rings. The summed E-state index contributed by atoms with van der Waals surface area (Å²) in [6, 6.07) is 1.78. The lowest BCUT2D eigenvalue weighted by Gasteiger charge is -2.21.